The number of nitrogens with one attached hydrogen (secondary N) is 2. The van der Waals surface area contributed by atoms with Crippen molar-refractivity contribution in [2.45, 2.75) is 13.8 Å². The molecule has 86 valence electrons. The molecular weight excluding hydrogens is 295 g/mol. The number of amides is 2. The lowest BCUT2D eigenvalue weighted by molar-refractivity contribution is -0.115. The van der Waals surface area contributed by atoms with Crippen molar-refractivity contribution >= 4 is 50.7 Å². The fraction of sp³-hybridized carbons (Fsp3) is 0.200. The Hall–Kier alpha value is -1.07. The number of halogens is 2. The first-order valence-electron chi connectivity index (χ1n) is 4.44. The number of hydrogen-bond acceptors (Lipinski definition) is 2. The quantitative estimate of drug-likeness (QED) is 0.882. The van der Waals surface area contributed by atoms with Crippen LogP contribution in [0.25, 0.3) is 0 Å². The van der Waals surface area contributed by atoms with Crippen LogP contribution < -0.4 is 10.6 Å². The number of anilines is 2. The van der Waals surface area contributed by atoms with Crippen molar-refractivity contribution in [3.8, 4) is 0 Å². The Kier molecular flexibility index (Phi) is 4.32. The Bertz CT molecular complexity index is 411. The highest BCUT2D eigenvalue weighted by molar-refractivity contribution is 9.10. The van der Waals surface area contributed by atoms with Gasteiger partial charge >= 0.3 is 0 Å². The van der Waals surface area contributed by atoms with Crippen LogP contribution in [0.3, 0.4) is 0 Å². The van der Waals surface area contributed by atoms with E-state index in [9.17, 15) is 9.59 Å². The molecule has 2 N–H and O–H groups in total. The summed E-state index contributed by atoms with van der Waals surface area (Å²) in [4.78, 5) is 21.8. The molecule has 1 aromatic rings. The average Bonchev–Trinajstić information content (AvgIpc) is 2.11. The van der Waals surface area contributed by atoms with Crippen molar-refractivity contribution in [1.82, 2.24) is 0 Å². The van der Waals surface area contributed by atoms with E-state index in [1.54, 1.807) is 12.1 Å². The Balaban J connectivity index is 3.10. The van der Waals surface area contributed by atoms with Crippen LogP contribution in [0.15, 0.2) is 16.6 Å². The third-order valence-corrected chi connectivity index (χ3v) is 2.65. The summed E-state index contributed by atoms with van der Waals surface area (Å²) in [6, 6.07) is 3.20. The zero-order chi connectivity index (χ0) is 12.3. The van der Waals surface area contributed by atoms with Gasteiger partial charge in [-0.25, -0.2) is 0 Å². The molecule has 2 amide bonds. The highest BCUT2D eigenvalue weighted by Crippen LogP contribution is 2.32. The number of carbonyl (C=O) groups is 2. The minimum absolute atomic E-state index is 0.197. The lowest BCUT2D eigenvalue weighted by Crippen LogP contribution is -2.09. The van der Waals surface area contributed by atoms with Gasteiger partial charge in [-0.05, 0) is 28.1 Å². The van der Waals surface area contributed by atoms with Gasteiger partial charge in [-0.15, -0.1) is 0 Å². The molecule has 16 heavy (non-hydrogen) atoms. The molecule has 1 aromatic carbocycles. The summed E-state index contributed by atoms with van der Waals surface area (Å²) in [7, 11) is 0. The van der Waals surface area contributed by atoms with Gasteiger partial charge in [0.25, 0.3) is 0 Å². The first-order chi connectivity index (χ1) is 7.40. The van der Waals surface area contributed by atoms with Crippen molar-refractivity contribution in [2.24, 2.45) is 0 Å². The van der Waals surface area contributed by atoms with E-state index in [4.69, 9.17) is 11.6 Å². The molecule has 0 aliphatic rings. The van der Waals surface area contributed by atoms with Crippen LogP contribution in [-0.4, -0.2) is 11.8 Å². The van der Waals surface area contributed by atoms with Gasteiger partial charge in [-0.1, -0.05) is 11.6 Å². The SMILES string of the molecule is CC(=O)Nc1cc(NC(C)=O)c(Br)cc1Cl. The Labute approximate surface area is 106 Å². The van der Waals surface area contributed by atoms with Crippen LogP contribution in [0.5, 0.6) is 0 Å². The van der Waals surface area contributed by atoms with Crippen LogP contribution in [0, 0.1) is 0 Å². The normalized spacial score (nSPS) is 9.75. The number of benzene rings is 1. The van der Waals surface area contributed by atoms with E-state index in [2.05, 4.69) is 26.6 Å². The van der Waals surface area contributed by atoms with E-state index in [0.717, 1.165) is 0 Å². The summed E-state index contributed by atoms with van der Waals surface area (Å²) in [5.74, 6) is -0.421. The minimum atomic E-state index is -0.224. The van der Waals surface area contributed by atoms with Gasteiger partial charge in [0.1, 0.15) is 0 Å². The van der Waals surface area contributed by atoms with Crippen molar-refractivity contribution in [3.05, 3.63) is 21.6 Å². The third-order valence-electron chi connectivity index (χ3n) is 1.68. The average molecular weight is 306 g/mol. The standard InChI is InChI=1S/C10H10BrClN2O2/c1-5(15)13-9-4-10(14-6(2)16)8(12)3-7(9)11/h3-4H,1-2H3,(H,13,15)(H,14,16). The summed E-state index contributed by atoms with van der Waals surface area (Å²) in [5.41, 5.74) is 1.02. The maximum Gasteiger partial charge on any atom is 0.221 e. The molecule has 0 aliphatic heterocycles. The van der Waals surface area contributed by atoms with E-state index in [1.165, 1.54) is 13.8 Å². The van der Waals surface area contributed by atoms with Gasteiger partial charge in [-0.2, -0.15) is 0 Å². The molecule has 0 atom stereocenters. The third kappa shape index (κ3) is 3.50. The second-order valence-electron chi connectivity index (χ2n) is 3.17. The topological polar surface area (TPSA) is 58.2 Å². The summed E-state index contributed by atoms with van der Waals surface area (Å²) >= 11 is 9.19. The van der Waals surface area contributed by atoms with Crippen LogP contribution >= 0.6 is 27.5 Å². The smallest absolute Gasteiger partial charge is 0.221 e. The van der Waals surface area contributed by atoms with Gasteiger partial charge in [-0.3, -0.25) is 9.59 Å². The first kappa shape index (κ1) is 13.0. The lowest BCUT2D eigenvalue weighted by Gasteiger charge is -2.10. The van der Waals surface area contributed by atoms with Crippen molar-refractivity contribution in [1.29, 1.82) is 0 Å². The molecular formula is C10H10BrClN2O2. The molecule has 0 saturated heterocycles. The second-order valence-corrected chi connectivity index (χ2v) is 4.44. The fourth-order valence-electron chi connectivity index (χ4n) is 1.12. The molecule has 0 aromatic heterocycles. The summed E-state index contributed by atoms with van der Waals surface area (Å²) in [6.45, 7) is 2.79. The van der Waals surface area contributed by atoms with Crippen molar-refractivity contribution < 1.29 is 9.59 Å². The Morgan fingerprint density at radius 1 is 1.12 bits per heavy atom. The number of hydrogen-bond donors (Lipinski definition) is 2. The molecule has 0 unspecified atom stereocenters. The predicted molar refractivity (Wildman–Crippen MR) is 67.8 cm³/mol. The molecule has 0 heterocycles. The molecule has 0 radical (unpaired) electrons. The van der Waals surface area contributed by atoms with E-state index in [1.807, 2.05) is 0 Å². The van der Waals surface area contributed by atoms with Crippen molar-refractivity contribution in [2.75, 3.05) is 10.6 Å². The van der Waals surface area contributed by atoms with Crippen molar-refractivity contribution in [3.63, 3.8) is 0 Å². The molecule has 1 rings (SSSR count). The first-order valence-corrected chi connectivity index (χ1v) is 5.61. The highest BCUT2D eigenvalue weighted by atomic mass is 79.9. The predicted octanol–water partition coefficient (Wildman–Crippen LogP) is 3.02. The zero-order valence-corrected chi connectivity index (χ0v) is 11.1. The van der Waals surface area contributed by atoms with E-state index in [0.29, 0.717) is 20.9 Å². The second kappa shape index (κ2) is 5.32. The molecule has 6 heteroatoms. The fourth-order valence-corrected chi connectivity index (χ4v) is 1.91. The molecule has 0 spiro atoms. The zero-order valence-electron chi connectivity index (χ0n) is 8.73. The lowest BCUT2D eigenvalue weighted by atomic mass is 10.2. The molecule has 0 fully saturated rings. The van der Waals surface area contributed by atoms with Gasteiger partial charge in [0.2, 0.25) is 11.8 Å². The summed E-state index contributed by atoms with van der Waals surface area (Å²) < 4.78 is 0.654. The maximum absolute atomic E-state index is 10.9. The van der Waals surface area contributed by atoms with E-state index in [-0.39, 0.29) is 11.8 Å². The van der Waals surface area contributed by atoms with Gasteiger partial charge in [0.05, 0.1) is 16.4 Å². The summed E-state index contributed by atoms with van der Waals surface area (Å²) in [5, 5.41) is 5.59. The number of rotatable bonds is 2. The van der Waals surface area contributed by atoms with E-state index >= 15 is 0 Å². The monoisotopic (exact) mass is 304 g/mol. The Morgan fingerprint density at radius 2 is 1.62 bits per heavy atom. The molecule has 0 saturated carbocycles. The minimum Gasteiger partial charge on any atom is -0.325 e. The van der Waals surface area contributed by atoms with E-state index < -0.39 is 0 Å². The van der Waals surface area contributed by atoms with Gasteiger partial charge in [0, 0.05) is 18.3 Å². The van der Waals surface area contributed by atoms with Gasteiger partial charge < -0.3 is 10.6 Å². The summed E-state index contributed by atoms with van der Waals surface area (Å²) in [6.07, 6.45) is 0. The Morgan fingerprint density at radius 3 is 2.12 bits per heavy atom. The maximum atomic E-state index is 10.9. The van der Waals surface area contributed by atoms with Crippen LogP contribution in [0.1, 0.15) is 13.8 Å². The van der Waals surface area contributed by atoms with Crippen LogP contribution in [0.4, 0.5) is 11.4 Å². The number of carbonyl (C=O) groups excluding carboxylic acids is 2. The largest absolute Gasteiger partial charge is 0.325 e. The molecule has 0 aliphatic carbocycles. The molecule has 4 nitrogen and oxygen atoms in total. The highest BCUT2D eigenvalue weighted by Gasteiger charge is 2.08. The molecule has 0 bridgehead atoms. The van der Waals surface area contributed by atoms with Crippen LogP contribution in [-0.2, 0) is 9.59 Å². The van der Waals surface area contributed by atoms with Crippen LogP contribution in [0.2, 0.25) is 5.02 Å². The van der Waals surface area contributed by atoms with Gasteiger partial charge in [0.15, 0.2) is 0 Å².